The van der Waals surface area contributed by atoms with E-state index in [1.54, 1.807) is 0 Å². The normalized spacial score (nSPS) is 24.8. The molecule has 0 bridgehead atoms. The highest BCUT2D eigenvalue weighted by atomic mass is 79.9. The Kier molecular flexibility index (Phi) is 3.82. The van der Waals surface area contributed by atoms with Gasteiger partial charge in [0.1, 0.15) is 16.6 Å². The van der Waals surface area contributed by atoms with Crippen LogP contribution in [-0.2, 0) is 4.74 Å². The van der Waals surface area contributed by atoms with Crippen LogP contribution in [0.4, 0.5) is 0 Å². The highest BCUT2D eigenvalue weighted by Crippen LogP contribution is 2.38. The maximum absolute atomic E-state index is 5.70. The van der Waals surface area contributed by atoms with Gasteiger partial charge in [0, 0.05) is 18.2 Å². The summed E-state index contributed by atoms with van der Waals surface area (Å²) in [4.78, 5) is 7.96. The van der Waals surface area contributed by atoms with Gasteiger partial charge in [-0.2, -0.15) is 0 Å². The highest BCUT2D eigenvalue weighted by Gasteiger charge is 2.25. The SMILES string of the molecule is S=c1nc(C2CCCO2)[nH]c(C2CCCC2)c1Br. The summed E-state index contributed by atoms with van der Waals surface area (Å²) in [6, 6.07) is 0. The van der Waals surface area contributed by atoms with Gasteiger partial charge in [0.25, 0.3) is 0 Å². The van der Waals surface area contributed by atoms with Gasteiger partial charge in [-0.15, -0.1) is 0 Å². The summed E-state index contributed by atoms with van der Waals surface area (Å²) in [7, 11) is 0. The van der Waals surface area contributed by atoms with E-state index in [1.165, 1.54) is 31.4 Å². The van der Waals surface area contributed by atoms with Gasteiger partial charge in [0.2, 0.25) is 0 Å². The molecule has 5 heteroatoms. The molecule has 1 aromatic heterocycles. The Balaban J connectivity index is 1.98. The molecule has 0 amide bonds. The van der Waals surface area contributed by atoms with Crippen LogP contribution in [0, 0.1) is 4.64 Å². The number of ether oxygens (including phenoxy) is 1. The lowest BCUT2D eigenvalue weighted by atomic mass is 10.0. The van der Waals surface area contributed by atoms with Crippen LogP contribution in [0.2, 0.25) is 0 Å². The molecule has 1 saturated heterocycles. The van der Waals surface area contributed by atoms with Crippen molar-refractivity contribution in [2.45, 2.75) is 50.5 Å². The van der Waals surface area contributed by atoms with Crippen LogP contribution in [-0.4, -0.2) is 16.6 Å². The minimum atomic E-state index is 0.111. The topological polar surface area (TPSA) is 37.9 Å². The van der Waals surface area contributed by atoms with E-state index in [-0.39, 0.29) is 6.10 Å². The quantitative estimate of drug-likeness (QED) is 0.817. The van der Waals surface area contributed by atoms with Crippen molar-refractivity contribution in [3.63, 3.8) is 0 Å². The van der Waals surface area contributed by atoms with Crippen LogP contribution in [0.5, 0.6) is 0 Å². The van der Waals surface area contributed by atoms with E-state index in [0.29, 0.717) is 10.6 Å². The first-order valence-electron chi connectivity index (χ1n) is 6.67. The summed E-state index contributed by atoms with van der Waals surface area (Å²) in [6.07, 6.45) is 7.40. The summed E-state index contributed by atoms with van der Waals surface area (Å²) in [5.41, 5.74) is 1.23. The zero-order valence-electron chi connectivity index (χ0n) is 10.2. The second-order valence-corrected chi connectivity index (χ2v) is 6.32. The minimum Gasteiger partial charge on any atom is -0.370 e. The van der Waals surface area contributed by atoms with Gasteiger partial charge < -0.3 is 9.72 Å². The largest absolute Gasteiger partial charge is 0.370 e. The van der Waals surface area contributed by atoms with Crippen molar-refractivity contribution in [3.05, 3.63) is 20.6 Å². The molecule has 0 spiro atoms. The molecule has 0 radical (unpaired) electrons. The molecule has 1 N–H and O–H groups in total. The summed E-state index contributed by atoms with van der Waals surface area (Å²) in [6.45, 7) is 0.835. The average molecular weight is 329 g/mol. The third-order valence-electron chi connectivity index (χ3n) is 3.91. The molecule has 3 rings (SSSR count). The third kappa shape index (κ3) is 2.40. The second-order valence-electron chi connectivity index (χ2n) is 5.14. The number of hydrogen-bond acceptors (Lipinski definition) is 3. The lowest BCUT2D eigenvalue weighted by Crippen LogP contribution is -2.08. The Morgan fingerprint density at radius 3 is 2.67 bits per heavy atom. The number of nitrogens with one attached hydrogen (secondary N) is 1. The van der Waals surface area contributed by atoms with Gasteiger partial charge in [-0.3, -0.25) is 0 Å². The standard InChI is InChI=1S/C13H17BrN2OS/c14-10-11(8-4-1-2-5-8)15-12(16-13(10)18)9-6-3-7-17-9/h8-9H,1-7H2,(H,15,16,18). The van der Waals surface area contributed by atoms with Gasteiger partial charge in [-0.1, -0.05) is 25.1 Å². The fraction of sp³-hybridized carbons (Fsp3) is 0.692. The van der Waals surface area contributed by atoms with Crippen LogP contribution in [0.1, 0.15) is 62.1 Å². The fourth-order valence-corrected chi connectivity index (χ4v) is 3.66. The number of rotatable bonds is 2. The molecule has 1 atom stereocenters. The molecule has 98 valence electrons. The Morgan fingerprint density at radius 1 is 1.22 bits per heavy atom. The zero-order valence-corrected chi connectivity index (χ0v) is 12.6. The van der Waals surface area contributed by atoms with E-state index in [2.05, 4.69) is 25.9 Å². The van der Waals surface area contributed by atoms with Crippen molar-refractivity contribution < 1.29 is 4.74 Å². The van der Waals surface area contributed by atoms with E-state index < -0.39 is 0 Å². The summed E-state index contributed by atoms with van der Waals surface area (Å²) < 4.78 is 7.34. The molecule has 0 aromatic carbocycles. The maximum atomic E-state index is 5.70. The smallest absolute Gasteiger partial charge is 0.144 e. The number of H-pyrrole nitrogens is 1. The molecule has 1 unspecified atom stereocenters. The molecule has 1 saturated carbocycles. The second kappa shape index (κ2) is 5.39. The van der Waals surface area contributed by atoms with Crippen LogP contribution in [0.15, 0.2) is 4.47 Å². The van der Waals surface area contributed by atoms with Gasteiger partial charge >= 0.3 is 0 Å². The molecule has 1 aromatic rings. The first-order valence-corrected chi connectivity index (χ1v) is 7.87. The molecule has 2 heterocycles. The van der Waals surface area contributed by atoms with Crippen LogP contribution >= 0.6 is 28.1 Å². The number of halogens is 1. The minimum absolute atomic E-state index is 0.111. The average Bonchev–Trinajstić information content (AvgIpc) is 3.03. The number of hydrogen-bond donors (Lipinski definition) is 1. The van der Waals surface area contributed by atoms with E-state index in [4.69, 9.17) is 17.0 Å². The molecule has 1 aliphatic carbocycles. The number of nitrogens with zero attached hydrogens (tertiary/aromatic N) is 1. The Morgan fingerprint density at radius 2 is 2.00 bits per heavy atom. The van der Waals surface area contributed by atoms with Gasteiger partial charge in [-0.05, 0) is 41.6 Å². The first-order chi connectivity index (χ1) is 8.75. The van der Waals surface area contributed by atoms with Crippen molar-refractivity contribution in [2.24, 2.45) is 0 Å². The fourth-order valence-electron chi connectivity index (χ4n) is 2.94. The molecule has 18 heavy (non-hydrogen) atoms. The van der Waals surface area contributed by atoms with Crippen molar-refractivity contribution >= 4 is 28.1 Å². The van der Waals surface area contributed by atoms with E-state index in [9.17, 15) is 0 Å². The molecule has 2 aliphatic rings. The maximum Gasteiger partial charge on any atom is 0.144 e. The highest BCUT2D eigenvalue weighted by molar-refractivity contribution is 9.10. The lowest BCUT2D eigenvalue weighted by molar-refractivity contribution is 0.104. The predicted octanol–water partition coefficient (Wildman–Crippen LogP) is 4.41. The van der Waals surface area contributed by atoms with Gasteiger partial charge in [0.05, 0.1) is 4.47 Å². The summed E-state index contributed by atoms with van der Waals surface area (Å²) in [5, 5.41) is 0. The summed E-state index contributed by atoms with van der Waals surface area (Å²) in [5.74, 6) is 1.52. The third-order valence-corrected chi connectivity index (χ3v) is 5.27. The number of aromatic amines is 1. The zero-order chi connectivity index (χ0) is 12.5. The van der Waals surface area contributed by atoms with Crippen LogP contribution in [0.3, 0.4) is 0 Å². The van der Waals surface area contributed by atoms with Crippen molar-refractivity contribution in [2.75, 3.05) is 6.61 Å². The molecular formula is C13H17BrN2OS. The lowest BCUT2D eigenvalue weighted by Gasteiger charge is -2.16. The first kappa shape index (κ1) is 12.8. The van der Waals surface area contributed by atoms with Crippen molar-refractivity contribution in [1.29, 1.82) is 0 Å². The molecular weight excluding hydrogens is 312 g/mol. The van der Waals surface area contributed by atoms with Crippen LogP contribution in [0.25, 0.3) is 0 Å². The molecule has 3 nitrogen and oxygen atoms in total. The monoisotopic (exact) mass is 328 g/mol. The van der Waals surface area contributed by atoms with Gasteiger partial charge in [-0.25, -0.2) is 4.98 Å². The van der Waals surface area contributed by atoms with Crippen molar-refractivity contribution in [3.8, 4) is 0 Å². The predicted molar refractivity (Wildman–Crippen MR) is 76.3 cm³/mol. The van der Waals surface area contributed by atoms with E-state index in [1.807, 2.05) is 0 Å². The Labute approximate surface area is 120 Å². The number of aromatic nitrogens is 2. The Bertz CT molecular complexity index is 490. The molecule has 2 fully saturated rings. The van der Waals surface area contributed by atoms with Crippen LogP contribution < -0.4 is 0 Å². The van der Waals surface area contributed by atoms with Gasteiger partial charge in [0.15, 0.2) is 0 Å². The molecule has 1 aliphatic heterocycles. The summed E-state index contributed by atoms with van der Waals surface area (Å²) >= 11 is 8.96. The van der Waals surface area contributed by atoms with E-state index >= 15 is 0 Å². The van der Waals surface area contributed by atoms with Crippen molar-refractivity contribution in [1.82, 2.24) is 9.97 Å². The van der Waals surface area contributed by atoms with E-state index in [0.717, 1.165) is 29.7 Å². The Hall–Kier alpha value is -0.260.